The van der Waals surface area contributed by atoms with E-state index in [1.165, 1.54) is 44.1 Å². The van der Waals surface area contributed by atoms with Crippen molar-refractivity contribution < 1.29 is 0 Å². The Morgan fingerprint density at radius 3 is 2.59 bits per heavy atom. The van der Waals surface area contributed by atoms with Gasteiger partial charge in [-0.15, -0.1) is 11.6 Å². The van der Waals surface area contributed by atoms with Crippen LogP contribution < -0.4 is 0 Å². The van der Waals surface area contributed by atoms with Gasteiger partial charge in [0.25, 0.3) is 0 Å². The first kappa shape index (κ1) is 10.4. The monoisotopic (exact) mass is 246 g/mol. The molecule has 1 aromatic rings. The minimum absolute atomic E-state index is 0.105. The summed E-state index contributed by atoms with van der Waals surface area (Å²) in [5, 5.41) is 0. The summed E-state index contributed by atoms with van der Waals surface area (Å²) in [6, 6.07) is 4.28. The molecule has 1 aromatic heterocycles. The lowest BCUT2D eigenvalue weighted by atomic mass is 9.48. The highest BCUT2D eigenvalue weighted by Gasteiger charge is 2.57. The lowest BCUT2D eigenvalue weighted by Crippen LogP contribution is -2.55. The molecule has 4 saturated carbocycles. The Labute approximate surface area is 108 Å². The summed E-state index contributed by atoms with van der Waals surface area (Å²) in [6.07, 6.45) is 12.7. The zero-order valence-electron chi connectivity index (χ0n) is 9.95. The first-order valence-corrected chi connectivity index (χ1v) is 7.07. The molecule has 0 aromatic carbocycles. The Balaban J connectivity index is 1.79. The molecule has 1 radical (unpaired) electrons. The Morgan fingerprint density at radius 1 is 1.24 bits per heavy atom. The van der Waals surface area contributed by atoms with Crippen LogP contribution in [-0.4, -0.2) is 9.86 Å². The molecule has 2 atom stereocenters. The summed E-state index contributed by atoms with van der Waals surface area (Å²) >= 11 is 6.84. The molecule has 2 heteroatoms. The van der Waals surface area contributed by atoms with Gasteiger partial charge >= 0.3 is 0 Å². The summed E-state index contributed by atoms with van der Waals surface area (Å²) in [6.45, 7) is 0. The summed E-state index contributed by atoms with van der Waals surface area (Å²) in [5.41, 5.74) is 1.79. The van der Waals surface area contributed by atoms with Crippen LogP contribution in [0.1, 0.15) is 44.1 Å². The number of halogens is 1. The molecule has 4 fully saturated rings. The van der Waals surface area contributed by atoms with Crippen molar-refractivity contribution in [1.82, 2.24) is 4.98 Å². The minimum atomic E-state index is 0.105. The smallest absolute Gasteiger partial charge is 0.0889 e. The third-order valence-corrected chi connectivity index (χ3v) is 5.67. The lowest BCUT2D eigenvalue weighted by Gasteiger charge is -2.60. The molecule has 89 valence electrons. The SMILES string of the molecule is ClC12CC3CC(C1)CC(c1c[c]ncc1)(C3)C2. The first-order chi connectivity index (χ1) is 8.18. The molecule has 4 aliphatic rings. The second kappa shape index (κ2) is 3.26. The van der Waals surface area contributed by atoms with Crippen molar-refractivity contribution in [2.75, 3.05) is 0 Å². The average molecular weight is 247 g/mol. The topological polar surface area (TPSA) is 12.9 Å². The van der Waals surface area contributed by atoms with Gasteiger partial charge in [0.05, 0.1) is 6.20 Å². The van der Waals surface area contributed by atoms with Crippen LogP contribution in [0.25, 0.3) is 0 Å². The molecule has 1 nitrogen and oxygen atoms in total. The van der Waals surface area contributed by atoms with Gasteiger partial charge in [0.2, 0.25) is 0 Å². The van der Waals surface area contributed by atoms with Gasteiger partial charge in [0.15, 0.2) is 0 Å². The maximum absolute atomic E-state index is 6.84. The van der Waals surface area contributed by atoms with Gasteiger partial charge in [-0.1, -0.05) is 0 Å². The number of hydrogen-bond acceptors (Lipinski definition) is 1. The fraction of sp³-hybridized carbons (Fsp3) is 0.667. The number of alkyl halides is 1. The number of rotatable bonds is 1. The van der Waals surface area contributed by atoms with E-state index in [-0.39, 0.29) is 4.87 Å². The van der Waals surface area contributed by atoms with E-state index in [0.29, 0.717) is 5.41 Å². The molecule has 0 aliphatic heterocycles. The Kier molecular flexibility index (Phi) is 1.99. The third kappa shape index (κ3) is 1.48. The van der Waals surface area contributed by atoms with Gasteiger partial charge in [-0.3, -0.25) is 4.98 Å². The van der Waals surface area contributed by atoms with Crippen molar-refractivity contribution >= 4 is 11.6 Å². The Morgan fingerprint density at radius 2 is 2.00 bits per heavy atom. The maximum Gasteiger partial charge on any atom is 0.0889 e. The van der Waals surface area contributed by atoms with Crippen LogP contribution in [0.3, 0.4) is 0 Å². The highest BCUT2D eigenvalue weighted by atomic mass is 35.5. The van der Waals surface area contributed by atoms with Gasteiger partial charge in [-0.25, -0.2) is 0 Å². The summed E-state index contributed by atoms with van der Waals surface area (Å²) in [7, 11) is 0. The van der Waals surface area contributed by atoms with Gasteiger partial charge in [0, 0.05) is 11.1 Å². The largest absolute Gasteiger partial charge is 0.255 e. The third-order valence-electron chi connectivity index (χ3n) is 5.23. The second-order valence-electron chi connectivity index (χ2n) is 6.57. The zero-order chi connectivity index (χ0) is 11.5. The van der Waals surface area contributed by atoms with E-state index in [1.54, 1.807) is 0 Å². The first-order valence-electron chi connectivity index (χ1n) is 6.69. The molecular weight excluding hydrogens is 230 g/mol. The lowest BCUT2D eigenvalue weighted by molar-refractivity contribution is 0.00894. The predicted octanol–water partition coefficient (Wildman–Crippen LogP) is 3.71. The van der Waals surface area contributed by atoms with Crippen molar-refractivity contribution in [2.24, 2.45) is 11.8 Å². The van der Waals surface area contributed by atoms with Crippen molar-refractivity contribution in [2.45, 2.75) is 48.8 Å². The van der Waals surface area contributed by atoms with E-state index in [2.05, 4.69) is 23.3 Å². The molecule has 1 heterocycles. The molecule has 0 spiro atoms. The highest BCUT2D eigenvalue weighted by Crippen LogP contribution is 2.64. The molecule has 4 bridgehead atoms. The van der Waals surface area contributed by atoms with Crippen LogP contribution in [0, 0.1) is 18.0 Å². The van der Waals surface area contributed by atoms with Crippen LogP contribution >= 0.6 is 11.6 Å². The molecule has 0 N–H and O–H groups in total. The minimum Gasteiger partial charge on any atom is -0.255 e. The van der Waals surface area contributed by atoms with E-state index in [1.807, 2.05) is 6.20 Å². The molecule has 17 heavy (non-hydrogen) atoms. The Bertz CT molecular complexity index is 427. The van der Waals surface area contributed by atoms with Crippen LogP contribution in [0.15, 0.2) is 18.3 Å². The summed E-state index contributed by atoms with van der Waals surface area (Å²) in [4.78, 5) is 4.14. The molecule has 4 aliphatic carbocycles. The van der Waals surface area contributed by atoms with Crippen LogP contribution in [0.4, 0.5) is 0 Å². The summed E-state index contributed by atoms with van der Waals surface area (Å²) < 4.78 is 0. The van der Waals surface area contributed by atoms with Crippen LogP contribution in [0.2, 0.25) is 0 Å². The quantitative estimate of drug-likeness (QED) is 0.689. The fourth-order valence-corrected chi connectivity index (χ4v) is 5.83. The highest BCUT2D eigenvalue weighted by molar-refractivity contribution is 6.24. The molecule has 2 unspecified atom stereocenters. The van der Waals surface area contributed by atoms with E-state index >= 15 is 0 Å². The maximum atomic E-state index is 6.84. The number of nitrogens with zero attached hydrogens (tertiary/aromatic N) is 1. The van der Waals surface area contributed by atoms with Crippen LogP contribution in [0.5, 0.6) is 0 Å². The van der Waals surface area contributed by atoms with E-state index in [4.69, 9.17) is 11.6 Å². The number of pyridine rings is 1. The van der Waals surface area contributed by atoms with Gasteiger partial charge < -0.3 is 0 Å². The van der Waals surface area contributed by atoms with Gasteiger partial charge in [-0.05, 0) is 73.5 Å². The van der Waals surface area contributed by atoms with E-state index in [9.17, 15) is 0 Å². The number of hydrogen-bond donors (Lipinski definition) is 0. The van der Waals surface area contributed by atoms with Crippen molar-refractivity contribution in [3.8, 4) is 0 Å². The Hall–Kier alpha value is -0.560. The summed E-state index contributed by atoms with van der Waals surface area (Å²) in [5.74, 6) is 1.73. The molecular formula is C15H17ClN. The molecule has 5 rings (SSSR count). The van der Waals surface area contributed by atoms with E-state index < -0.39 is 0 Å². The van der Waals surface area contributed by atoms with Crippen LogP contribution in [-0.2, 0) is 5.41 Å². The van der Waals surface area contributed by atoms with Crippen molar-refractivity contribution in [1.29, 1.82) is 0 Å². The van der Waals surface area contributed by atoms with Gasteiger partial charge in [-0.2, -0.15) is 0 Å². The average Bonchev–Trinajstić information content (AvgIpc) is 2.27. The normalized spacial score (nSPS) is 47.4. The molecule has 0 saturated heterocycles. The molecule has 0 amide bonds. The van der Waals surface area contributed by atoms with Crippen molar-refractivity contribution in [3.05, 3.63) is 30.1 Å². The predicted molar refractivity (Wildman–Crippen MR) is 68.0 cm³/mol. The fourth-order valence-electron chi connectivity index (χ4n) is 5.13. The van der Waals surface area contributed by atoms with E-state index in [0.717, 1.165) is 11.8 Å². The van der Waals surface area contributed by atoms with Crippen molar-refractivity contribution in [3.63, 3.8) is 0 Å². The standard InChI is InChI=1S/C15H17ClN/c16-15-8-11-5-12(9-15)7-14(6-11,10-15)13-1-3-17-4-2-13/h1-3,11-12H,5-10H2. The van der Waals surface area contributed by atoms with Gasteiger partial charge in [0.1, 0.15) is 0 Å². The number of aromatic nitrogens is 1. The zero-order valence-corrected chi connectivity index (χ0v) is 10.7. The second-order valence-corrected chi connectivity index (χ2v) is 7.37.